The molecule has 1 aliphatic rings. The van der Waals surface area contributed by atoms with Gasteiger partial charge in [-0.3, -0.25) is 9.98 Å². The highest BCUT2D eigenvalue weighted by atomic mass is 127. The highest BCUT2D eigenvalue weighted by Crippen LogP contribution is 2.21. The van der Waals surface area contributed by atoms with Crippen molar-refractivity contribution >= 4 is 29.9 Å². The van der Waals surface area contributed by atoms with Gasteiger partial charge in [0.2, 0.25) is 0 Å². The second-order valence-electron chi connectivity index (χ2n) is 6.62. The Balaban J connectivity index is 0.00000312. The number of nitrogens with zero attached hydrogens (tertiary/aromatic N) is 3. The molecule has 1 fully saturated rings. The minimum atomic E-state index is 0. The lowest BCUT2D eigenvalue weighted by Crippen LogP contribution is -2.40. The van der Waals surface area contributed by atoms with Gasteiger partial charge in [-0.15, -0.1) is 24.0 Å². The highest BCUT2D eigenvalue weighted by molar-refractivity contribution is 14.0. The van der Waals surface area contributed by atoms with Gasteiger partial charge in [0.15, 0.2) is 5.96 Å². The monoisotopic (exact) mass is 459 g/mol. The molecule has 2 N–H and O–H groups in total. The van der Waals surface area contributed by atoms with Crippen molar-refractivity contribution in [2.75, 3.05) is 33.7 Å². The number of aliphatic imine (C=N–C) groups is 1. The van der Waals surface area contributed by atoms with E-state index in [1.54, 1.807) is 0 Å². The Morgan fingerprint density at radius 1 is 1.20 bits per heavy atom. The molecule has 0 aromatic carbocycles. The van der Waals surface area contributed by atoms with E-state index >= 15 is 0 Å². The molecule has 2 rings (SSSR count). The van der Waals surface area contributed by atoms with Crippen LogP contribution in [0.5, 0.6) is 0 Å². The first-order valence-corrected chi connectivity index (χ1v) is 9.34. The summed E-state index contributed by atoms with van der Waals surface area (Å²) in [6.07, 6.45) is 10.9. The van der Waals surface area contributed by atoms with Crippen molar-refractivity contribution in [3.63, 3.8) is 0 Å². The average molecular weight is 459 g/mol. The summed E-state index contributed by atoms with van der Waals surface area (Å²) in [4.78, 5) is 11.2. The lowest BCUT2D eigenvalue weighted by atomic mass is 9.94. The van der Waals surface area contributed by atoms with Crippen molar-refractivity contribution in [3.05, 3.63) is 30.1 Å². The number of nitrogens with one attached hydrogen (secondary N) is 2. The second kappa shape index (κ2) is 13.3. The molecule has 0 bridgehead atoms. The molecule has 0 radical (unpaired) electrons. The predicted molar refractivity (Wildman–Crippen MR) is 117 cm³/mol. The van der Waals surface area contributed by atoms with E-state index in [9.17, 15) is 0 Å². The van der Waals surface area contributed by atoms with Gasteiger partial charge < -0.3 is 15.5 Å². The first-order valence-electron chi connectivity index (χ1n) is 9.34. The van der Waals surface area contributed by atoms with Crippen molar-refractivity contribution in [1.82, 2.24) is 20.5 Å². The summed E-state index contributed by atoms with van der Waals surface area (Å²) < 4.78 is 0. The topological polar surface area (TPSA) is 52.6 Å². The Labute approximate surface area is 170 Å². The van der Waals surface area contributed by atoms with Crippen LogP contribution in [0.15, 0.2) is 29.4 Å². The van der Waals surface area contributed by atoms with Gasteiger partial charge in [0, 0.05) is 44.5 Å². The smallest absolute Gasteiger partial charge is 0.190 e. The van der Waals surface area contributed by atoms with Crippen LogP contribution < -0.4 is 10.6 Å². The molecule has 6 heteroatoms. The Morgan fingerprint density at radius 2 is 1.96 bits per heavy atom. The molecule has 1 aliphatic carbocycles. The van der Waals surface area contributed by atoms with Gasteiger partial charge in [-0.25, -0.2) is 0 Å². The van der Waals surface area contributed by atoms with Crippen LogP contribution in [-0.2, 0) is 6.42 Å². The molecular formula is C19H34IN5. The molecule has 1 aromatic rings. The zero-order valence-electron chi connectivity index (χ0n) is 15.7. The van der Waals surface area contributed by atoms with Gasteiger partial charge in [-0.05, 0) is 45.0 Å². The lowest BCUT2D eigenvalue weighted by Gasteiger charge is -2.31. The molecule has 1 heterocycles. The summed E-state index contributed by atoms with van der Waals surface area (Å²) >= 11 is 0. The summed E-state index contributed by atoms with van der Waals surface area (Å²) in [7, 11) is 4.10. The largest absolute Gasteiger partial charge is 0.356 e. The molecule has 0 spiro atoms. The molecule has 5 nitrogen and oxygen atoms in total. The number of hydrogen-bond acceptors (Lipinski definition) is 3. The maximum absolute atomic E-state index is 4.33. The fraction of sp³-hybridized carbons (Fsp3) is 0.684. The number of aromatic nitrogens is 1. The lowest BCUT2D eigenvalue weighted by molar-refractivity contribution is 0.190. The number of pyridine rings is 1. The molecule has 1 aromatic heterocycles. The van der Waals surface area contributed by atoms with Crippen molar-refractivity contribution in [2.45, 2.75) is 51.0 Å². The van der Waals surface area contributed by atoms with Crippen LogP contribution in [0.4, 0.5) is 0 Å². The quantitative estimate of drug-likeness (QED) is 0.272. The maximum Gasteiger partial charge on any atom is 0.190 e. The standard InChI is InChI=1S/C19H33N5.HI/c1-20-19(23-15-12-17-9-6-7-13-21-17)22-14-8-16-24(2)18-10-4-3-5-11-18;/h6-7,9,13,18H,3-5,8,10-12,14-16H2,1-2H3,(H2,20,22,23);1H. The summed E-state index contributed by atoms with van der Waals surface area (Å²) in [5.74, 6) is 0.881. The Hall–Kier alpha value is -0.890. The number of guanidine groups is 1. The van der Waals surface area contributed by atoms with Gasteiger partial charge in [-0.1, -0.05) is 25.3 Å². The average Bonchev–Trinajstić information content (AvgIpc) is 2.65. The van der Waals surface area contributed by atoms with E-state index in [2.05, 4.69) is 38.6 Å². The molecule has 0 amide bonds. The zero-order valence-corrected chi connectivity index (χ0v) is 18.0. The molecule has 0 atom stereocenters. The zero-order chi connectivity index (χ0) is 17.0. The summed E-state index contributed by atoms with van der Waals surface area (Å²) in [6, 6.07) is 6.83. The van der Waals surface area contributed by atoms with Gasteiger partial charge >= 0.3 is 0 Å². The third kappa shape index (κ3) is 8.85. The van der Waals surface area contributed by atoms with Gasteiger partial charge in [-0.2, -0.15) is 0 Å². The van der Waals surface area contributed by atoms with E-state index in [1.165, 1.54) is 32.1 Å². The maximum atomic E-state index is 4.33. The Kier molecular flexibility index (Phi) is 11.8. The van der Waals surface area contributed by atoms with E-state index in [4.69, 9.17) is 0 Å². The Morgan fingerprint density at radius 3 is 2.64 bits per heavy atom. The van der Waals surface area contributed by atoms with Crippen LogP contribution in [0.25, 0.3) is 0 Å². The normalized spacial score (nSPS) is 15.7. The minimum Gasteiger partial charge on any atom is -0.356 e. The first-order chi connectivity index (χ1) is 11.8. The molecular weight excluding hydrogens is 425 g/mol. The van der Waals surface area contributed by atoms with E-state index < -0.39 is 0 Å². The SMILES string of the molecule is CN=C(NCCCN(C)C1CCCCC1)NCCc1ccccn1.I. The van der Waals surface area contributed by atoms with Crippen molar-refractivity contribution in [2.24, 2.45) is 4.99 Å². The molecule has 142 valence electrons. The third-order valence-corrected chi connectivity index (χ3v) is 4.80. The number of hydrogen-bond donors (Lipinski definition) is 2. The fourth-order valence-electron chi connectivity index (χ4n) is 3.32. The number of rotatable bonds is 8. The Bertz CT molecular complexity index is 474. The molecule has 1 saturated carbocycles. The summed E-state index contributed by atoms with van der Waals surface area (Å²) in [6.45, 7) is 2.96. The van der Waals surface area contributed by atoms with Crippen LogP contribution in [0, 0.1) is 0 Å². The van der Waals surface area contributed by atoms with Crippen LogP contribution in [0.1, 0.15) is 44.2 Å². The molecule has 0 unspecified atom stereocenters. The molecule has 0 aliphatic heterocycles. The van der Waals surface area contributed by atoms with Crippen LogP contribution >= 0.6 is 24.0 Å². The van der Waals surface area contributed by atoms with E-state index in [0.29, 0.717) is 0 Å². The van der Waals surface area contributed by atoms with Crippen LogP contribution in [0.3, 0.4) is 0 Å². The number of halogens is 1. The van der Waals surface area contributed by atoms with Gasteiger partial charge in [0.1, 0.15) is 0 Å². The van der Waals surface area contributed by atoms with Crippen molar-refractivity contribution in [1.29, 1.82) is 0 Å². The second-order valence-corrected chi connectivity index (χ2v) is 6.62. The minimum absolute atomic E-state index is 0. The van der Waals surface area contributed by atoms with Crippen molar-refractivity contribution in [3.8, 4) is 0 Å². The van der Waals surface area contributed by atoms with E-state index in [1.807, 2.05) is 25.4 Å². The third-order valence-electron chi connectivity index (χ3n) is 4.80. The molecule has 25 heavy (non-hydrogen) atoms. The van der Waals surface area contributed by atoms with Gasteiger partial charge in [0.25, 0.3) is 0 Å². The van der Waals surface area contributed by atoms with Crippen LogP contribution in [0.2, 0.25) is 0 Å². The first kappa shape index (κ1) is 22.2. The van der Waals surface area contributed by atoms with Crippen LogP contribution in [-0.4, -0.2) is 55.6 Å². The summed E-state index contributed by atoms with van der Waals surface area (Å²) in [5.41, 5.74) is 1.11. The molecule has 0 saturated heterocycles. The van der Waals surface area contributed by atoms with Gasteiger partial charge in [0.05, 0.1) is 0 Å². The fourth-order valence-corrected chi connectivity index (χ4v) is 3.32. The summed E-state index contributed by atoms with van der Waals surface area (Å²) in [5, 5.41) is 6.76. The highest BCUT2D eigenvalue weighted by Gasteiger charge is 2.17. The predicted octanol–water partition coefficient (Wildman–Crippen LogP) is 3.06. The van der Waals surface area contributed by atoms with E-state index in [-0.39, 0.29) is 24.0 Å². The van der Waals surface area contributed by atoms with E-state index in [0.717, 1.165) is 50.2 Å². The van der Waals surface area contributed by atoms with Crippen molar-refractivity contribution < 1.29 is 0 Å².